The van der Waals surface area contributed by atoms with Crippen molar-refractivity contribution in [3.63, 3.8) is 0 Å². The summed E-state index contributed by atoms with van der Waals surface area (Å²) in [7, 11) is -4.29. The fraction of sp³-hybridized carbons (Fsp3) is 0.632. The fourth-order valence-electron chi connectivity index (χ4n) is 4.19. The van der Waals surface area contributed by atoms with E-state index in [1.807, 2.05) is 6.08 Å². The van der Waals surface area contributed by atoms with Gasteiger partial charge in [0, 0.05) is 12.8 Å². The Labute approximate surface area is 285 Å². The van der Waals surface area contributed by atoms with Crippen LogP contribution in [0.4, 0.5) is 0 Å². The smallest absolute Gasteiger partial charge is 0.462 e. The number of phosphoric ester groups is 1. The molecule has 0 aliphatic rings. The van der Waals surface area contributed by atoms with Crippen molar-refractivity contribution < 1.29 is 37.6 Å². The molecule has 0 rings (SSSR count). The normalized spacial score (nSPS) is 14.4. The van der Waals surface area contributed by atoms with Gasteiger partial charge in [-0.1, -0.05) is 112 Å². The molecule has 2 unspecified atom stereocenters. The Morgan fingerprint density at radius 1 is 0.596 bits per heavy atom. The Morgan fingerprint density at radius 2 is 1.11 bits per heavy atom. The van der Waals surface area contributed by atoms with E-state index in [1.54, 1.807) is 6.92 Å². The molecule has 268 valence electrons. The maximum atomic E-state index is 12.4. The van der Waals surface area contributed by atoms with Crippen molar-refractivity contribution in [3.8, 4) is 0 Å². The van der Waals surface area contributed by atoms with E-state index in [2.05, 4.69) is 80.7 Å². The van der Waals surface area contributed by atoms with Crippen LogP contribution in [0.2, 0.25) is 0 Å². The van der Waals surface area contributed by atoms with E-state index >= 15 is 0 Å². The van der Waals surface area contributed by atoms with Crippen LogP contribution >= 0.6 is 7.82 Å². The van der Waals surface area contributed by atoms with Crippen molar-refractivity contribution in [1.82, 2.24) is 0 Å². The van der Waals surface area contributed by atoms with Gasteiger partial charge in [-0.2, -0.15) is 0 Å². The summed E-state index contributed by atoms with van der Waals surface area (Å²) >= 11 is 0. The number of allylic oxidation sites excluding steroid dienone is 12. The summed E-state index contributed by atoms with van der Waals surface area (Å²) < 4.78 is 32.3. The monoisotopic (exact) mass is 678 g/mol. The highest BCUT2D eigenvalue weighted by Gasteiger charge is 2.25. The van der Waals surface area contributed by atoms with Crippen LogP contribution in [0, 0.1) is 0 Å². The standard InChI is InChI=1S/C38H63O8P/c1-4-7-9-11-13-15-17-18-19-20-21-22-23-25-27-29-31-33-38(40)46-36(35-45-47(41,42)44-6-3)34-43-37(39)32-30-28-26-24-16-14-12-10-8-5-2/h7,9-10,12-13,15,18-19,21-22,25,27,36H,4-6,8,11,14,16-17,20,23-24,26,28-35H2,1-3H3,(H,41,42)/b9-7-,12-10-,15-13-,19-18-,22-21-,27-25-. The number of carbonyl (C=O) groups excluding carboxylic acids is 2. The molecule has 2 atom stereocenters. The molecule has 8 nitrogen and oxygen atoms in total. The zero-order chi connectivity index (χ0) is 34.7. The number of rotatable bonds is 31. The molecule has 0 saturated carbocycles. The number of phosphoric acid groups is 1. The Bertz CT molecular complexity index is 996. The lowest BCUT2D eigenvalue weighted by atomic mass is 10.1. The minimum Gasteiger partial charge on any atom is -0.462 e. The highest BCUT2D eigenvalue weighted by atomic mass is 31.2. The van der Waals surface area contributed by atoms with Gasteiger partial charge in [-0.25, -0.2) is 4.57 Å². The summed E-state index contributed by atoms with van der Waals surface area (Å²) in [6.07, 6.45) is 39.7. The van der Waals surface area contributed by atoms with Gasteiger partial charge in [0.15, 0.2) is 6.10 Å². The molecule has 0 saturated heterocycles. The predicted molar refractivity (Wildman–Crippen MR) is 193 cm³/mol. The van der Waals surface area contributed by atoms with E-state index in [4.69, 9.17) is 18.5 Å². The molecule has 0 aliphatic heterocycles. The molecule has 0 aliphatic carbocycles. The first-order chi connectivity index (χ1) is 22.8. The largest absolute Gasteiger partial charge is 0.472 e. The summed E-state index contributed by atoms with van der Waals surface area (Å²) in [6, 6.07) is 0. The van der Waals surface area contributed by atoms with Crippen LogP contribution in [-0.4, -0.2) is 42.8 Å². The molecule has 0 aromatic heterocycles. The summed E-state index contributed by atoms with van der Waals surface area (Å²) in [4.78, 5) is 34.4. The number of hydrogen-bond acceptors (Lipinski definition) is 7. The fourth-order valence-corrected chi connectivity index (χ4v) is 4.95. The minimum atomic E-state index is -4.29. The van der Waals surface area contributed by atoms with Crippen LogP contribution in [0.25, 0.3) is 0 Å². The van der Waals surface area contributed by atoms with E-state index in [1.165, 1.54) is 6.42 Å². The van der Waals surface area contributed by atoms with E-state index in [0.717, 1.165) is 77.0 Å². The van der Waals surface area contributed by atoms with Gasteiger partial charge >= 0.3 is 19.8 Å². The molecule has 47 heavy (non-hydrogen) atoms. The molecule has 0 aromatic carbocycles. The maximum Gasteiger partial charge on any atom is 0.472 e. The molecule has 0 fully saturated rings. The van der Waals surface area contributed by atoms with Crippen molar-refractivity contribution >= 4 is 19.8 Å². The topological polar surface area (TPSA) is 108 Å². The van der Waals surface area contributed by atoms with Crippen LogP contribution in [0.15, 0.2) is 72.9 Å². The Morgan fingerprint density at radius 3 is 1.72 bits per heavy atom. The first-order valence-corrected chi connectivity index (χ1v) is 19.2. The highest BCUT2D eigenvalue weighted by molar-refractivity contribution is 7.47. The summed E-state index contributed by atoms with van der Waals surface area (Å²) in [5, 5.41) is 0. The lowest BCUT2D eigenvalue weighted by Crippen LogP contribution is -2.29. The first kappa shape index (κ1) is 44.5. The average molecular weight is 679 g/mol. The van der Waals surface area contributed by atoms with Crippen LogP contribution < -0.4 is 0 Å². The quantitative estimate of drug-likeness (QED) is 0.0334. The van der Waals surface area contributed by atoms with Gasteiger partial charge in [0.05, 0.1) is 13.2 Å². The third-order valence-corrected chi connectivity index (χ3v) is 7.79. The minimum absolute atomic E-state index is 0.0153. The predicted octanol–water partition coefficient (Wildman–Crippen LogP) is 10.6. The van der Waals surface area contributed by atoms with Gasteiger partial charge in [0.1, 0.15) is 6.61 Å². The van der Waals surface area contributed by atoms with Crippen molar-refractivity contribution in [2.45, 2.75) is 136 Å². The summed E-state index contributed by atoms with van der Waals surface area (Å²) in [6.45, 7) is 5.17. The SMILES string of the molecule is CC/C=C\C/C=C\C/C=C\C/C=C\C/C=C\CCCC(=O)OC(COC(=O)CCCCCCC/C=C\CCC)COP(=O)(O)OCC. The molecule has 0 spiro atoms. The number of esters is 2. The molecule has 9 heteroatoms. The van der Waals surface area contributed by atoms with Crippen molar-refractivity contribution in [2.24, 2.45) is 0 Å². The molecule has 0 heterocycles. The van der Waals surface area contributed by atoms with Crippen LogP contribution in [0.1, 0.15) is 130 Å². The van der Waals surface area contributed by atoms with E-state index in [0.29, 0.717) is 12.8 Å². The lowest BCUT2D eigenvalue weighted by molar-refractivity contribution is -0.161. The molecular formula is C38H63O8P. The first-order valence-electron chi connectivity index (χ1n) is 17.7. The zero-order valence-corrected chi connectivity index (χ0v) is 30.3. The van der Waals surface area contributed by atoms with Gasteiger partial charge in [-0.15, -0.1) is 0 Å². The van der Waals surface area contributed by atoms with E-state index in [9.17, 15) is 19.0 Å². The van der Waals surface area contributed by atoms with Gasteiger partial charge in [0.25, 0.3) is 0 Å². The average Bonchev–Trinajstić information content (AvgIpc) is 3.04. The van der Waals surface area contributed by atoms with Crippen LogP contribution in [0.3, 0.4) is 0 Å². The van der Waals surface area contributed by atoms with Gasteiger partial charge in [-0.05, 0) is 77.6 Å². The van der Waals surface area contributed by atoms with Crippen molar-refractivity contribution in [3.05, 3.63) is 72.9 Å². The summed E-state index contributed by atoms with van der Waals surface area (Å²) in [5.41, 5.74) is 0. The van der Waals surface area contributed by atoms with E-state index in [-0.39, 0.29) is 26.1 Å². The lowest BCUT2D eigenvalue weighted by Gasteiger charge is -2.19. The second kappa shape index (κ2) is 33.4. The van der Waals surface area contributed by atoms with Crippen LogP contribution in [0.5, 0.6) is 0 Å². The molecule has 0 aromatic rings. The molecule has 0 bridgehead atoms. The summed E-state index contributed by atoms with van der Waals surface area (Å²) in [5.74, 6) is -0.889. The van der Waals surface area contributed by atoms with Crippen molar-refractivity contribution in [2.75, 3.05) is 19.8 Å². The van der Waals surface area contributed by atoms with Gasteiger partial charge in [0.2, 0.25) is 0 Å². The third kappa shape index (κ3) is 33.2. The second-order valence-electron chi connectivity index (χ2n) is 11.1. The number of ether oxygens (including phenoxy) is 2. The van der Waals surface area contributed by atoms with Crippen LogP contribution in [-0.2, 0) is 32.7 Å². The van der Waals surface area contributed by atoms with Gasteiger partial charge in [-0.3, -0.25) is 18.6 Å². The number of carbonyl (C=O) groups is 2. The molecule has 1 N–H and O–H groups in total. The highest BCUT2D eigenvalue weighted by Crippen LogP contribution is 2.43. The third-order valence-electron chi connectivity index (χ3n) is 6.73. The maximum absolute atomic E-state index is 12.4. The van der Waals surface area contributed by atoms with Crippen molar-refractivity contribution in [1.29, 1.82) is 0 Å². The number of unbranched alkanes of at least 4 members (excludes halogenated alkanes) is 7. The number of hydrogen-bond donors (Lipinski definition) is 1. The van der Waals surface area contributed by atoms with Gasteiger partial charge < -0.3 is 14.4 Å². The Hall–Kier alpha value is -2.51. The molecular weight excluding hydrogens is 615 g/mol. The second-order valence-corrected chi connectivity index (χ2v) is 12.6. The molecule has 0 radical (unpaired) electrons. The molecule has 0 amide bonds. The Balaban J connectivity index is 4.33. The Kier molecular flexibility index (Phi) is 31.6. The zero-order valence-electron chi connectivity index (χ0n) is 29.4. The van der Waals surface area contributed by atoms with E-state index < -0.39 is 32.5 Å².